The average molecular weight is 420 g/mol. The second-order valence-electron chi connectivity index (χ2n) is 8.18. The first kappa shape index (κ1) is 21.0. The Morgan fingerprint density at radius 2 is 1.77 bits per heavy atom. The topological polar surface area (TPSA) is 65.8 Å². The first-order valence-corrected chi connectivity index (χ1v) is 10.9. The molecule has 0 unspecified atom stereocenters. The summed E-state index contributed by atoms with van der Waals surface area (Å²) in [5.74, 6) is 0.842. The number of urea groups is 1. The van der Waals surface area contributed by atoms with Crippen LogP contribution in [0.15, 0.2) is 59.0 Å². The monoisotopic (exact) mass is 419 g/mol. The molecule has 1 aliphatic heterocycles. The van der Waals surface area contributed by atoms with Gasteiger partial charge in [0.2, 0.25) is 0 Å². The van der Waals surface area contributed by atoms with Crippen molar-refractivity contribution in [3.63, 3.8) is 0 Å². The fourth-order valence-electron chi connectivity index (χ4n) is 3.92. The molecule has 0 radical (unpaired) electrons. The lowest BCUT2D eigenvalue weighted by Crippen LogP contribution is -2.38. The number of nitrogens with zero attached hydrogens (tertiary/aromatic N) is 2. The summed E-state index contributed by atoms with van der Waals surface area (Å²) < 4.78 is 5.89. The zero-order chi connectivity index (χ0) is 21.8. The first-order chi connectivity index (χ1) is 15.0. The van der Waals surface area contributed by atoms with E-state index in [4.69, 9.17) is 4.42 Å². The van der Waals surface area contributed by atoms with Crippen molar-refractivity contribution in [2.24, 2.45) is 0 Å². The highest BCUT2D eigenvalue weighted by molar-refractivity contribution is 5.94. The number of rotatable bonds is 5. The molecule has 2 aromatic carbocycles. The van der Waals surface area contributed by atoms with Crippen molar-refractivity contribution in [1.29, 1.82) is 0 Å². The lowest BCUT2D eigenvalue weighted by Gasteiger charge is -2.26. The molecule has 0 bridgehead atoms. The Morgan fingerprint density at radius 3 is 2.48 bits per heavy atom. The number of benzene rings is 2. The minimum Gasteiger partial charge on any atom is -0.459 e. The summed E-state index contributed by atoms with van der Waals surface area (Å²) in [6, 6.07) is 16.9. The molecule has 6 nitrogen and oxygen atoms in total. The van der Waals surface area contributed by atoms with Gasteiger partial charge in [0.1, 0.15) is 11.3 Å². The van der Waals surface area contributed by atoms with E-state index in [-0.39, 0.29) is 18.0 Å². The number of hydrogen-bond acceptors (Lipinski definition) is 3. The van der Waals surface area contributed by atoms with Crippen molar-refractivity contribution in [2.45, 2.75) is 38.8 Å². The first-order valence-electron chi connectivity index (χ1n) is 10.9. The molecule has 2 heterocycles. The molecule has 0 saturated carbocycles. The van der Waals surface area contributed by atoms with Gasteiger partial charge in [0.15, 0.2) is 0 Å². The molecule has 6 heteroatoms. The van der Waals surface area contributed by atoms with Crippen LogP contribution in [0.25, 0.3) is 11.0 Å². The van der Waals surface area contributed by atoms with E-state index in [2.05, 4.69) is 5.32 Å². The number of nitrogens with one attached hydrogen (secondary N) is 1. The van der Waals surface area contributed by atoms with Crippen LogP contribution in [0.2, 0.25) is 0 Å². The van der Waals surface area contributed by atoms with Crippen LogP contribution in [-0.2, 0) is 6.54 Å². The number of piperidine rings is 1. The number of hydrogen-bond donors (Lipinski definition) is 1. The largest absolute Gasteiger partial charge is 0.459 e. The second kappa shape index (κ2) is 9.25. The number of carbonyl (C=O) groups is 2. The number of fused-ring (bicyclic) bond motifs is 1. The molecule has 1 saturated heterocycles. The molecule has 31 heavy (non-hydrogen) atoms. The quantitative estimate of drug-likeness (QED) is 0.636. The van der Waals surface area contributed by atoms with Crippen LogP contribution in [0.1, 0.15) is 53.9 Å². The SMILES string of the molecule is C[C@H](c1cc2ccccc2o1)N(C)C(=O)NCc1ccc(C(=O)N2CCCCC2)cc1. The van der Waals surface area contributed by atoms with E-state index in [1.807, 2.05) is 66.4 Å². The van der Waals surface area contributed by atoms with Crippen LogP contribution >= 0.6 is 0 Å². The Morgan fingerprint density at radius 1 is 1.06 bits per heavy atom. The van der Waals surface area contributed by atoms with Crippen LogP contribution in [-0.4, -0.2) is 41.9 Å². The Kier molecular flexibility index (Phi) is 6.26. The Labute approximate surface area is 182 Å². The van der Waals surface area contributed by atoms with Gasteiger partial charge in [0.05, 0.1) is 6.04 Å². The highest BCUT2D eigenvalue weighted by Crippen LogP contribution is 2.26. The van der Waals surface area contributed by atoms with Gasteiger partial charge < -0.3 is 19.5 Å². The molecule has 3 aromatic rings. The van der Waals surface area contributed by atoms with Gasteiger partial charge in [-0.15, -0.1) is 0 Å². The minimum absolute atomic E-state index is 0.0923. The Balaban J connectivity index is 1.32. The average Bonchev–Trinajstić information content (AvgIpc) is 3.26. The predicted octanol–water partition coefficient (Wildman–Crippen LogP) is 4.96. The Hall–Kier alpha value is -3.28. The molecule has 1 N–H and O–H groups in total. The van der Waals surface area contributed by atoms with Gasteiger partial charge in [-0.1, -0.05) is 30.3 Å². The molecular formula is C25H29N3O3. The highest BCUT2D eigenvalue weighted by Gasteiger charge is 2.21. The van der Waals surface area contributed by atoms with Crippen molar-refractivity contribution in [3.8, 4) is 0 Å². The number of furan rings is 1. The number of likely N-dealkylation sites (tertiary alicyclic amines) is 1. The van der Waals surface area contributed by atoms with E-state index in [0.29, 0.717) is 12.1 Å². The number of amides is 3. The highest BCUT2D eigenvalue weighted by atomic mass is 16.3. The standard InChI is InChI=1S/C25H29N3O3/c1-18(23-16-21-8-4-5-9-22(21)31-23)27(2)25(30)26-17-19-10-12-20(13-11-19)24(29)28-14-6-3-7-15-28/h4-5,8-13,16,18H,3,6-7,14-15,17H2,1-2H3,(H,26,30)/t18-/m1/s1. The molecule has 1 atom stereocenters. The van der Waals surface area contributed by atoms with E-state index in [1.54, 1.807) is 11.9 Å². The summed E-state index contributed by atoms with van der Waals surface area (Å²) in [6.07, 6.45) is 3.36. The van der Waals surface area contributed by atoms with E-state index < -0.39 is 0 Å². The van der Waals surface area contributed by atoms with Crippen molar-refractivity contribution < 1.29 is 14.0 Å². The molecule has 1 aliphatic rings. The fourth-order valence-corrected chi connectivity index (χ4v) is 3.92. The normalized spacial score (nSPS) is 15.0. The predicted molar refractivity (Wildman–Crippen MR) is 121 cm³/mol. The smallest absolute Gasteiger partial charge is 0.318 e. The van der Waals surface area contributed by atoms with Gasteiger partial charge in [-0.3, -0.25) is 4.79 Å². The fraction of sp³-hybridized carbons (Fsp3) is 0.360. The van der Waals surface area contributed by atoms with E-state index in [0.717, 1.165) is 48.2 Å². The van der Waals surface area contributed by atoms with Crippen LogP contribution in [0.4, 0.5) is 4.79 Å². The zero-order valence-electron chi connectivity index (χ0n) is 18.1. The summed E-state index contributed by atoms with van der Waals surface area (Å²) in [5, 5.41) is 3.97. The van der Waals surface area contributed by atoms with Gasteiger partial charge in [-0.25, -0.2) is 4.79 Å². The zero-order valence-corrected chi connectivity index (χ0v) is 18.1. The summed E-state index contributed by atoms with van der Waals surface area (Å²) in [7, 11) is 1.76. The molecule has 1 fully saturated rings. The maximum atomic E-state index is 12.6. The third-order valence-electron chi connectivity index (χ3n) is 6.05. The van der Waals surface area contributed by atoms with Crippen LogP contribution < -0.4 is 5.32 Å². The summed E-state index contributed by atoms with van der Waals surface area (Å²) >= 11 is 0. The maximum Gasteiger partial charge on any atom is 0.318 e. The molecule has 3 amide bonds. The van der Waals surface area contributed by atoms with E-state index >= 15 is 0 Å². The third-order valence-corrected chi connectivity index (χ3v) is 6.05. The molecule has 0 spiro atoms. The molecule has 162 valence electrons. The van der Waals surface area contributed by atoms with Gasteiger partial charge in [-0.2, -0.15) is 0 Å². The van der Waals surface area contributed by atoms with Gasteiger partial charge >= 0.3 is 6.03 Å². The lowest BCUT2D eigenvalue weighted by molar-refractivity contribution is 0.0724. The summed E-state index contributed by atoms with van der Waals surface area (Å²) in [5.41, 5.74) is 2.47. The van der Waals surface area contributed by atoms with Crippen molar-refractivity contribution in [2.75, 3.05) is 20.1 Å². The van der Waals surface area contributed by atoms with Crippen LogP contribution in [0.5, 0.6) is 0 Å². The van der Waals surface area contributed by atoms with Crippen molar-refractivity contribution in [3.05, 3.63) is 71.5 Å². The minimum atomic E-state index is -0.197. The van der Waals surface area contributed by atoms with Crippen LogP contribution in [0, 0.1) is 0 Å². The van der Waals surface area contributed by atoms with Crippen molar-refractivity contribution in [1.82, 2.24) is 15.1 Å². The molecule has 4 rings (SSSR count). The number of carbonyl (C=O) groups excluding carboxylic acids is 2. The van der Waals surface area contributed by atoms with Gasteiger partial charge in [-0.05, 0) is 56.0 Å². The third kappa shape index (κ3) is 4.74. The van der Waals surface area contributed by atoms with E-state index in [9.17, 15) is 9.59 Å². The van der Waals surface area contributed by atoms with Crippen LogP contribution in [0.3, 0.4) is 0 Å². The molecule has 1 aromatic heterocycles. The van der Waals surface area contributed by atoms with E-state index in [1.165, 1.54) is 6.42 Å². The molecular weight excluding hydrogens is 390 g/mol. The molecule has 0 aliphatic carbocycles. The maximum absolute atomic E-state index is 12.6. The summed E-state index contributed by atoms with van der Waals surface area (Å²) in [6.45, 7) is 4.02. The number of para-hydroxylation sites is 1. The summed E-state index contributed by atoms with van der Waals surface area (Å²) in [4.78, 5) is 28.8. The van der Waals surface area contributed by atoms with Gasteiger partial charge in [0.25, 0.3) is 5.91 Å². The second-order valence-corrected chi connectivity index (χ2v) is 8.18. The van der Waals surface area contributed by atoms with Gasteiger partial charge in [0, 0.05) is 37.6 Å². The lowest BCUT2D eigenvalue weighted by atomic mass is 10.1. The Bertz CT molecular complexity index is 1020. The van der Waals surface area contributed by atoms with Crippen molar-refractivity contribution >= 4 is 22.9 Å².